The second kappa shape index (κ2) is 7.09. The number of H-pyrrole nitrogens is 1. The molecule has 4 aromatic rings. The van der Waals surface area contributed by atoms with Gasteiger partial charge in [-0.25, -0.2) is 13.6 Å². The van der Waals surface area contributed by atoms with Crippen LogP contribution in [0.25, 0.3) is 33.3 Å². The molecule has 0 aliphatic heterocycles. The minimum atomic E-state index is -3.77. The van der Waals surface area contributed by atoms with Gasteiger partial charge in [0.1, 0.15) is 5.69 Å². The number of nitrogens with two attached hydrogens (primary N) is 1. The van der Waals surface area contributed by atoms with Crippen molar-refractivity contribution in [2.75, 3.05) is 21.1 Å². The third kappa shape index (κ3) is 3.65. The number of aromatic amines is 1. The van der Waals surface area contributed by atoms with Crippen LogP contribution in [0, 0.1) is 6.92 Å². The Hall–Kier alpha value is -2.93. The Morgan fingerprint density at radius 1 is 0.867 bits per heavy atom. The number of sulfonamides is 1. The van der Waals surface area contributed by atoms with E-state index in [0.717, 1.165) is 39.0 Å². The highest BCUT2D eigenvalue weighted by molar-refractivity contribution is 7.89. The molecule has 0 saturated carbocycles. The summed E-state index contributed by atoms with van der Waals surface area (Å²) in [5.74, 6) is 0. The fraction of sp³-hybridized carbons (Fsp3) is 0.167. The fourth-order valence-corrected chi connectivity index (χ4v) is 4.41. The van der Waals surface area contributed by atoms with Gasteiger partial charge in [-0.05, 0) is 47.9 Å². The first-order chi connectivity index (χ1) is 14.1. The fourth-order valence-electron chi connectivity index (χ4n) is 3.88. The highest BCUT2D eigenvalue weighted by Crippen LogP contribution is 2.37. The van der Waals surface area contributed by atoms with Crippen LogP contribution in [0.5, 0.6) is 0 Å². The van der Waals surface area contributed by atoms with Gasteiger partial charge in [-0.3, -0.25) is 4.48 Å². The van der Waals surface area contributed by atoms with E-state index in [9.17, 15) is 8.42 Å². The molecule has 0 amide bonds. The molecule has 0 bridgehead atoms. The van der Waals surface area contributed by atoms with Crippen molar-refractivity contribution in [1.29, 1.82) is 0 Å². The van der Waals surface area contributed by atoms with Crippen LogP contribution in [-0.4, -0.2) is 34.5 Å². The molecule has 5 nitrogen and oxygen atoms in total. The lowest BCUT2D eigenvalue weighted by atomic mass is 9.99. The first-order valence-electron chi connectivity index (χ1n) is 9.73. The number of aromatic nitrogens is 1. The van der Waals surface area contributed by atoms with Gasteiger partial charge in [0.2, 0.25) is 10.0 Å². The molecule has 0 fully saturated rings. The lowest BCUT2D eigenvalue weighted by Gasteiger charge is -2.26. The van der Waals surface area contributed by atoms with Gasteiger partial charge in [-0.15, -0.1) is 0 Å². The van der Waals surface area contributed by atoms with Crippen molar-refractivity contribution in [3.05, 3.63) is 72.3 Å². The van der Waals surface area contributed by atoms with Gasteiger partial charge < -0.3 is 4.98 Å². The zero-order chi connectivity index (χ0) is 21.7. The monoisotopic (exact) mass is 420 g/mol. The molecule has 0 aliphatic rings. The average molecular weight is 421 g/mol. The molecular formula is C24H26N3O2S+. The molecule has 0 atom stereocenters. The van der Waals surface area contributed by atoms with E-state index in [1.807, 2.05) is 45.4 Å². The third-order valence-corrected chi connectivity index (χ3v) is 6.36. The number of benzene rings is 3. The maximum atomic E-state index is 11.9. The molecule has 3 aromatic carbocycles. The third-order valence-electron chi connectivity index (χ3n) is 5.45. The number of rotatable bonds is 4. The summed E-state index contributed by atoms with van der Waals surface area (Å²) in [5, 5.41) is 6.52. The molecule has 0 unspecified atom stereocenters. The van der Waals surface area contributed by atoms with Crippen molar-refractivity contribution in [2.45, 2.75) is 11.8 Å². The van der Waals surface area contributed by atoms with Crippen LogP contribution >= 0.6 is 0 Å². The second-order valence-corrected chi connectivity index (χ2v) is 10.0. The van der Waals surface area contributed by atoms with Crippen molar-refractivity contribution in [1.82, 2.24) is 9.47 Å². The maximum Gasteiger partial charge on any atom is 0.238 e. The summed E-state index contributed by atoms with van der Waals surface area (Å²) in [6.45, 7) is 2.12. The summed E-state index contributed by atoms with van der Waals surface area (Å²) in [5.41, 5.74) is 7.43. The summed E-state index contributed by atoms with van der Waals surface area (Å²) < 4.78 is 24.2. The molecule has 0 aliphatic carbocycles. The standard InChI is InChI=1S/C24H26N3O2S/c1-16-21-14-18(10-13-22(21)26-24(16)17-8-6-5-7-9-17)20-12-11-19(30(25,28)29)15-23(20)27(2,3)4/h5-15,26H,1-4H3,(H2,25,28,29)/q+1. The predicted molar refractivity (Wildman–Crippen MR) is 125 cm³/mol. The normalized spacial score (nSPS) is 12.4. The zero-order valence-corrected chi connectivity index (χ0v) is 18.4. The molecule has 0 radical (unpaired) electrons. The van der Waals surface area contributed by atoms with E-state index < -0.39 is 10.0 Å². The van der Waals surface area contributed by atoms with E-state index in [4.69, 9.17) is 5.14 Å². The molecule has 3 N–H and O–H groups in total. The van der Waals surface area contributed by atoms with E-state index in [-0.39, 0.29) is 4.90 Å². The summed E-state index contributed by atoms with van der Waals surface area (Å²) in [7, 11) is 2.27. The lowest BCUT2D eigenvalue weighted by Crippen LogP contribution is -2.35. The van der Waals surface area contributed by atoms with Gasteiger partial charge in [-0.1, -0.05) is 36.4 Å². The van der Waals surface area contributed by atoms with Crippen molar-refractivity contribution in [3.63, 3.8) is 0 Å². The lowest BCUT2D eigenvalue weighted by molar-refractivity contribution is 0.486. The minimum Gasteiger partial charge on any atom is -0.354 e. The highest BCUT2D eigenvalue weighted by Gasteiger charge is 2.23. The summed E-state index contributed by atoms with van der Waals surface area (Å²) in [4.78, 5) is 3.66. The van der Waals surface area contributed by atoms with E-state index >= 15 is 0 Å². The van der Waals surface area contributed by atoms with Crippen LogP contribution in [0.2, 0.25) is 0 Å². The number of hydrogen-bond donors (Lipinski definition) is 2. The molecular weight excluding hydrogens is 394 g/mol. The minimum absolute atomic E-state index is 0.125. The number of hydrogen-bond acceptors (Lipinski definition) is 2. The number of nitrogens with zero attached hydrogens (tertiary/aromatic N) is 1. The SMILES string of the molecule is Cc1c(-c2ccccc2)[nH]c2ccc(-c3ccc(S(N)(=O)=O)cc3[N+](C)(C)C)cc12. The largest absolute Gasteiger partial charge is 0.354 e. The molecule has 1 aromatic heterocycles. The summed E-state index contributed by atoms with van der Waals surface area (Å²) in [6.07, 6.45) is 0. The Morgan fingerprint density at radius 2 is 1.57 bits per heavy atom. The van der Waals surface area contributed by atoms with Gasteiger partial charge in [0.05, 0.1) is 26.0 Å². The van der Waals surface area contributed by atoms with Crippen molar-refractivity contribution in [2.24, 2.45) is 5.14 Å². The van der Waals surface area contributed by atoms with Crippen molar-refractivity contribution in [3.8, 4) is 22.4 Å². The summed E-state index contributed by atoms with van der Waals surface area (Å²) >= 11 is 0. The smallest absolute Gasteiger partial charge is 0.238 e. The van der Waals surface area contributed by atoms with Crippen LogP contribution in [-0.2, 0) is 10.0 Å². The van der Waals surface area contributed by atoms with Crippen molar-refractivity contribution >= 4 is 26.6 Å². The Bertz CT molecular complexity index is 1350. The number of quaternary nitrogens is 1. The van der Waals surface area contributed by atoms with Crippen LogP contribution < -0.4 is 9.62 Å². The Kier molecular flexibility index (Phi) is 4.81. The maximum absolute atomic E-state index is 11.9. The van der Waals surface area contributed by atoms with Gasteiger partial charge in [-0.2, -0.15) is 0 Å². The van der Waals surface area contributed by atoms with Crippen LogP contribution in [0.3, 0.4) is 0 Å². The van der Waals surface area contributed by atoms with E-state index in [0.29, 0.717) is 4.48 Å². The number of nitrogens with one attached hydrogen (secondary N) is 1. The molecule has 154 valence electrons. The topological polar surface area (TPSA) is 76.0 Å². The highest BCUT2D eigenvalue weighted by atomic mass is 32.2. The first kappa shape index (κ1) is 20.3. The molecule has 4 rings (SSSR count). The Balaban J connectivity index is 1.91. The van der Waals surface area contributed by atoms with Gasteiger partial charge in [0.15, 0.2) is 0 Å². The van der Waals surface area contributed by atoms with E-state index in [1.54, 1.807) is 12.1 Å². The molecule has 0 saturated heterocycles. The van der Waals surface area contributed by atoms with Gasteiger partial charge in [0.25, 0.3) is 0 Å². The number of aryl methyl sites for hydroxylation is 1. The van der Waals surface area contributed by atoms with Crippen LogP contribution in [0.1, 0.15) is 5.56 Å². The average Bonchev–Trinajstić information content (AvgIpc) is 3.03. The quantitative estimate of drug-likeness (QED) is 0.471. The van der Waals surface area contributed by atoms with Crippen LogP contribution in [0.4, 0.5) is 5.69 Å². The number of primary sulfonamides is 1. The number of fused-ring (bicyclic) bond motifs is 1. The van der Waals surface area contributed by atoms with Crippen molar-refractivity contribution < 1.29 is 8.42 Å². The van der Waals surface area contributed by atoms with Gasteiger partial charge >= 0.3 is 0 Å². The predicted octanol–water partition coefficient (Wildman–Crippen LogP) is 4.65. The molecule has 1 heterocycles. The van der Waals surface area contributed by atoms with E-state index in [1.165, 1.54) is 5.56 Å². The molecule has 0 spiro atoms. The van der Waals surface area contributed by atoms with Crippen LogP contribution in [0.15, 0.2) is 71.6 Å². The zero-order valence-electron chi connectivity index (χ0n) is 17.6. The second-order valence-electron chi connectivity index (χ2n) is 8.49. The Morgan fingerprint density at radius 3 is 2.20 bits per heavy atom. The Labute approximate surface area is 177 Å². The summed E-state index contributed by atoms with van der Waals surface area (Å²) in [6, 6.07) is 21.7. The molecule has 6 heteroatoms. The van der Waals surface area contributed by atoms with E-state index in [2.05, 4.69) is 42.2 Å². The van der Waals surface area contributed by atoms with Gasteiger partial charge in [0, 0.05) is 28.2 Å². The molecule has 30 heavy (non-hydrogen) atoms. The first-order valence-corrected chi connectivity index (χ1v) is 11.3.